The lowest BCUT2D eigenvalue weighted by molar-refractivity contribution is 0.0946. The van der Waals surface area contributed by atoms with Crippen LogP contribution in [0, 0.1) is 25.7 Å². The summed E-state index contributed by atoms with van der Waals surface area (Å²) in [6.07, 6.45) is 2.37. The van der Waals surface area contributed by atoms with E-state index in [0.29, 0.717) is 0 Å². The van der Waals surface area contributed by atoms with E-state index in [2.05, 4.69) is 37.1 Å². The molecule has 2 atom stereocenters. The molecule has 3 heteroatoms. The molecule has 3 nitrogen and oxygen atoms in total. The van der Waals surface area contributed by atoms with E-state index in [4.69, 9.17) is 0 Å². The number of rotatable bonds is 5. The van der Waals surface area contributed by atoms with Crippen molar-refractivity contribution in [2.45, 2.75) is 40.5 Å². The zero-order valence-corrected chi connectivity index (χ0v) is 14.5. The minimum atomic E-state index is 0.0536. The molecule has 1 amide bonds. The molecule has 2 rings (SSSR count). The number of nitrogens with one attached hydrogen (secondary N) is 1. The van der Waals surface area contributed by atoms with Crippen LogP contribution in [0.15, 0.2) is 18.2 Å². The number of benzene rings is 1. The number of hydrogen-bond donors (Lipinski definition) is 1. The van der Waals surface area contributed by atoms with E-state index in [1.807, 2.05) is 19.1 Å². The number of carbonyl (C=O) groups excluding carboxylic acids is 1. The molecule has 0 spiro atoms. The topological polar surface area (TPSA) is 32.3 Å². The van der Waals surface area contributed by atoms with Gasteiger partial charge in [0.25, 0.3) is 5.91 Å². The predicted octanol–water partition coefficient (Wildman–Crippen LogP) is 3.40. The second kappa shape index (κ2) is 7.77. The molecule has 122 valence electrons. The Morgan fingerprint density at radius 3 is 2.55 bits per heavy atom. The summed E-state index contributed by atoms with van der Waals surface area (Å²) in [5.41, 5.74) is 3.05. The highest BCUT2D eigenvalue weighted by Gasteiger charge is 2.21. The summed E-state index contributed by atoms with van der Waals surface area (Å²) in [5, 5.41) is 3.06. The summed E-state index contributed by atoms with van der Waals surface area (Å²) in [6, 6.07) is 5.98. The monoisotopic (exact) mass is 302 g/mol. The van der Waals surface area contributed by atoms with Crippen molar-refractivity contribution in [2.24, 2.45) is 11.8 Å². The largest absolute Gasteiger partial charge is 0.352 e. The van der Waals surface area contributed by atoms with Gasteiger partial charge in [-0.05, 0) is 56.7 Å². The predicted molar refractivity (Wildman–Crippen MR) is 92.3 cm³/mol. The van der Waals surface area contributed by atoms with Gasteiger partial charge in [0.05, 0.1) is 0 Å². The zero-order valence-electron chi connectivity index (χ0n) is 14.5. The third-order valence-electron chi connectivity index (χ3n) is 4.51. The smallest absolute Gasteiger partial charge is 0.251 e. The average Bonchev–Trinajstić information content (AvgIpc) is 2.42. The molecule has 1 aromatic rings. The van der Waals surface area contributed by atoms with Crippen molar-refractivity contribution >= 4 is 5.91 Å². The number of carbonyl (C=O) groups is 1. The Kier molecular flexibility index (Phi) is 6.01. The molecular formula is C19H30N2O. The molecule has 0 aliphatic carbocycles. The van der Waals surface area contributed by atoms with Crippen LogP contribution in [0.1, 0.15) is 48.2 Å². The van der Waals surface area contributed by atoms with Crippen molar-refractivity contribution in [3.63, 3.8) is 0 Å². The van der Waals surface area contributed by atoms with Gasteiger partial charge in [-0.1, -0.05) is 31.5 Å². The van der Waals surface area contributed by atoms with E-state index in [0.717, 1.165) is 42.5 Å². The summed E-state index contributed by atoms with van der Waals surface area (Å²) in [5.74, 6) is 1.65. The standard InChI is InChI=1S/C19H30N2O/c1-14-6-7-18(17(4)11-14)19(22)20-8-5-9-21-12-15(2)10-16(3)13-21/h6-7,11,15-16H,5,8-10,12-13H2,1-4H3,(H,20,22)/t15-,16-/m1/s1. The number of hydrogen-bond acceptors (Lipinski definition) is 2. The zero-order chi connectivity index (χ0) is 16.1. The van der Waals surface area contributed by atoms with Gasteiger partial charge >= 0.3 is 0 Å². The number of amides is 1. The Hall–Kier alpha value is -1.35. The molecule has 0 unspecified atom stereocenters. The van der Waals surface area contributed by atoms with Crippen molar-refractivity contribution < 1.29 is 4.79 Å². The first kappa shape index (κ1) is 17.0. The van der Waals surface area contributed by atoms with Gasteiger partial charge in [-0.2, -0.15) is 0 Å². The highest BCUT2D eigenvalue weighted by atomic mass is 16.1. The van der Waals surface area contributed by atoms with Crippen molar-refractivity contribution in [1.82, 2.24) is 10.2 Å². The fourth-order valence-electron chi connectivity index (χ4n) is 3.64. The van der Waals surface area contributed by atoms with Crippen molar-refractivity contribution in [2.75, 3.05) is 26.2 Å². The molecular weight excluding hydrogens is 272 g/mol. The van der Waals surface area contributed by atoms with Crippen LogP contribution in [0.3, 0.4) is 0 Å². The second-order valence-corrected chi connectivity index (χ2v) is 7.13. The molecule has 1 saturated heterocycles. The molecule has 1 fully saturated rings. The lowest BCUT2D eigenvalue weighted by Gasteiger charge is -2.34. The van der Waals surface area contributed by atoms with Crippen LogP contribution in [0.5, 0.6) is 0 Å². The van der Waals surface area contributed by atoms with Crippen LogP contribution in [0.25, 0.3) is 0 Å². The highest BCUT2D eigenvalue weighted by Crippen LogP contribution is 2.20. The van der Waals surface area contributed by atoms with Crippen molar-refractivity contribution in [1.29, 1.82) is 0 Å². The van der Waals surface area contributed by atoms with E-state index in [1.54, 1.807) is 0 Å². The Labute approximate surface area is 135 Å². The summed E-state index contributed by atoms with van der Waals surface area (Å²) in [6.45, 7) is 13.0. The van der Waals surface area contributed by atoms with Crippen LogP contribution in [0.4, 0.5) is 0 Å². The maximum atomic E-state index is 12.2. The summed E-state index contributed by atoms with van der Waals surface area (Å²) in [7, 11) is 0. The summed E-state index contributed by atoms with van der Waals surface area (Å²) < 4.78 is 0. The van der Waals surface area contributed by atoms with Crippen LogP contribution >= 0.6 is 0 Å². The Morgan fingerprint density at radius 1 is 1.23 bits per heavy atom. The van der Waals surface area contributed by atoms with Crippen LogP contribution in [-0.2, 0) is 0 Å². The molecule has 0 radical (unpaired) electrons. The van der Waals surface area contributed by atoms with E-state index in [9.17, 15) is 4.79 Å². The molecule has 1 aliphatic rings. The Balaban J connectivity index is 1.73. The van der Waals surface area contributed by atoms with Gasteiger partial charge in [-0.15, -0.1) is 0 Å². The lowest BCUT2D eigenvalue weighted by Crippen LogP contribution is -2.40. The lowest BCUT2D eigenvalue weighted by atomic mass is 9.92. The summed E-state index contributed by atoms with van der Waals surface area (Å²) in [4.78, 5) is 14.8. The second-order valence-electron chi connectivity index (χ2n) is 7.13. The molecule has 0 aromatic heterocycles. The molecule has 1 N–H and O–H groups in total. The summed E-state index contributed by atoms with van der Waals surface area (Å²) >= 11 is 0. The fourth-order valence-corrected chi connectivity index (χ4v) is 3.64. The highest BCUT2D eigenvalue weighted by molar-refractivity contribution is 5.95. The fraction of sp³-hybridized carbons (Fsp3) is 0.632. The van der Waals surface area contributed by atoms with E-state index in [-0.39, 0.29) is 5.91 Å². The van der Waals surface area contributed by atoms with Crippen LogP contribution < -0.4 is 5.32 Å². The average molecular weight is 302 g/mol. The van der Waals surface area contributed by atoms with Gasteiger partial charge in [0.1, 0.15) is 0 Å². The van der Waals surface area contributed by atoms with E-state index in [1.165, 1.54) is 25.1 Å². The number of likely N-dealkylation sites (tertiary alicyclic amines) is 1. The van der Waals surface area contributed by atoms with Gasteiger partial charge in [0.15, 0.2) is 0 Å². The van der Waals surface area contributed by atoms with Crippen molar-refractivity contribution in [3.05, 3.63) is 34.9 Å². The molecule has 1 aromatic carbocycles. The van der Waals surface area contributed by atoms with E-state index >= 15 is 0 Å². The molecule has 1 heterocycles. The third-order valence-corrected chi connectivity index (χ3v) is 4.51. The molecule has 22 heavy (non-hydrogen) atoms. The maximum Gasteiger partial charge on any atom is 0.251 e. The Morgan fingerprint density at radius 2 is 1.91 bits per heavy atom. The Bertz CT molecular complexity index is 502. The van der Waals surface area contributed by atoms with Gasteiger partial charge in [-0.3, -0.25) is 4.79 Å². The number of piperidine rings is 1. The molecule has 1 aliphatic heterocycles. The van der Waals surface area contributed by atoms with Crippen LogP contribution in [0.2, 0.25) is 0 Å². The minimum absolute atomic E-state index is 0.0536. The van der Waals surface area contributed by atoms with Gasteiger partial charge < -0.3 is 10.2 Å². The maximum absolute atomic E-state index is 12.2. The first-order valence-corrected chi connectivity index (χ1v) is 8.53. The number of nitrogens with zero attached hydrogens (tertiary/aromatic N) is 1. The quantitative estimate of drug-likeness (QED) is 0.846. The first-order valence-electron chi connectivity index (χ1n) is 8.53. The SMILES string of the molecule is Cc1ccc(C(=O)NCCCN2C[C@H](C)C[C@@H](C)C2)c(C)c1. The van der Waals surface area contributed by atoms with Gasteiger partial charge in [0.2, 0.25) is 0 Å². The van der Waals surface area contributed by atoms with Crippen molar-refractivity contribution in [3.8, 4) is 0 Å². The first-order chi connectivity index (χ1) is 10.5. The van der Waals surface area contributed by atoms with Gasteiger partial charge in [0, 0.05) is 25.2 Å². The van der Waals surface area contributed by atoms with Gasteiger partial charge in [-0.25, -0.2) is 0 Å². The van der Waals surface area contributed by atoms with E-state index < -0.39 is 0 Å². The third kappa shape index (κ3) is 4.84. The minimum Gasteiger partial charge on any atom is -0.352 e. The molecule has 0 saturated carbocycles. The van der Waals surface area contributed by atoms with Crippen LogP contribution in [-0.4, -0.2) is 37.0 Å². The number of aryl methyl sites for hydroxylation is 2. The normalized spacial score (nSPS) is 22.5. The molecule has 0 bridgehead atoms.